The van der Waals surface area contributed by atoms with Crippen molar-refractivity contribution < 1.29 is 9.13 Å². The summed E-state index contributed by atoms with van der Waals surface area (Å²) in [6.45, 7) is 0. The summed E-state index contributed by atoms with van der Waals surface area (Å²) in [5, 5.41) is 0.543. The van der Waals surface area contributed by atoms with Gasteiger partial charge in [-0.25, -0.2) is 4.39 Å². The van der Waals surface area contributed by atoms with Gasteiger partial charge in [-0.2, -0.15) is 0 Å². The second-order valence-corrected chi connectivity index (χ2v) is 5.76. The zero-order chi connectivity index (χ0) is 15.2. The van der Waals surface area contributed by atoms with Gasteiger partial charge in [-0.1, -0.05) is 23.7 Å². The lowest BCUT2D eigenvalue weighted by Crippen LogP contribution is -2.11. The quantitative estimate of drug-likeness (QED) is 0.669. The topological polar surface area (TPSA) is 9.23 Å². The van der Waals surface area contributed by atoms with Gasteiger partial charge in [-0.15, -0.1) is 11.6 Å². The lowest BCUT2D eigenvalue weighted by Gasteiger charge is -2.15. The molecular formula is C17H17Cl2FO. The zero-order valence-electron chi connectivity index (χ0n) is 11.8. The third kappa shape index (κ3) is 4.62. The van der Waals surface area contributed by atoms with Crippen molar-refractivity contribution in [2.75, 3.05) is 13.0 Å². The van der Waals surface area contributed by atoms with Gasteiger partial charge in [0.2, 0.25) is 0 Å². The largest absolute Gasteiger partial charge is 0.497 e. The molecule has 2 aromatic carbocycles. The molecule has 0 amide bonds. The van der Waals surface area contributed by atoms with Gasteiger partial charge < -0.3 is 4.74 Å². The third-order valence-electron chi connectivity index (χ3n) is 3.39. The number of rotatable bonds is 6. The maximum absolute atomic E-state index is 13.8. The van der Waals surface area contributed by atoms with Gasteiger partial charge in [0.05, 0.1) is 7.11 Å². The average Bonchev–Trinajstić information content (AvgIpc) is 2.50. The second-order valence-electron chi connectivity index (χ2n) is 5.02. The highest BCUT2D eigenvalue weighted by molar-refractivity contribution is 6.30. The van der Waals surface area contributed by atoms with Gasteiger partial charge in [0.1, 0.15) is 11.6 Å². The van der Waals surface area contributed by atoms with E-state index in [1.807, 2.05) is 24.3 Å². The normalized spacial score (nSPS) is 12.2. The lowest BCUT2D eigenvalue weighted by molar-refractivity contribution is 0.413. The first-order chi connectivity index (χ1) is 10.1. The molecule has 2 rings (SSSR count). The predicted octanol–water partition coefficient (Wildman–Crippen LogP) is 5.13. The van der Waals surface area contributed by atoms with Crippen LogP contribution in [0.2, 0.25) is 5.02 Å². The minimum atomic E-state index is -0.236. The molecule has 2 aromatic rings. The predicted molar refractivity (Wildman–Crippen MR) is 86.0 cm³/mol. The Morgan fingerprint density at radius 1 is 1.14 bits per heavy atom. The first-order valence-corrected chi connectivity index (χ1v) is 7.66. The van der Waals surface area contributed by atoms with Gasteiger partial charge in [0.25, 0.3) is 0 Å². The van der Waals surface area contributed by atoms with E-state index < -0.39 is 0 Å². The van der Waals surface area contributed by atoms with E-state index in [2.05, 4.69) is 0 Å². The van der Waals surface area contributed by atoms with Crippen LogP contribution in [0, 0.1) is 11.7 Å². The van der Waals surface area contributed by atoms with Crippen LogP contribution in [0.15, 0.2) is 42.5 Å². The van der Waals surface area contributed by atoms with Crippen molar-refractivity contribution >= 4 is 23.2 Å². The molecule has 0 spiro atoms. The third-order valence-corrected chi connectivity index (χ3v) is 4.06. The fraction of sp³-hybridized carbons (Fsp3) is 0.294. The second kappa shape index (κ2) is 7.67. The smallest absolute Gasteiger partial charge is 0.126 e. The van der Waals surface area contributed by atoms with Crippen LogP contribution in [-0.4, -0.2) is 13.0 Å². The van der Waals surface area contributed by atoms with Crippen LogP contribution in [-0.2, 0) is 12.8 Å². The zero-order valence-corrected chi connectivity index (χ0v) is 13.3. The van der Waals surface area contributed by atoms with Crippen LogP contribution < -0.4 is 4.74 Å². The summed E-state index contributed by atoms with van der Waals surface area (Å²) in [7, 11) is 1.64. The molecule has 0 aromatic heterocycles. The summed E-state index contributed by atoms with van der Waals surface area (Å²) in [6.07, 6.45) is 1.33. The van der Waals surface area contributed by atoms with Crippen molar-refractivity contribution in [1.82, 2.24) is 0 Å². The molecule has 0 aliphatic heterocycles. The van der Waals surface area contributed by atoms with Crippen LogP contribution in [0.25, 0.3) is 0 Å². The minimum Gasteiger partial charge on any atom is -0.497 e. The van der Waals surface area contributed by atoms with E-state index in [-0.39, 0.29) is 11.7 Å². The van der Waals surface area contributed by atoms with Crippen LogP contribution >= 0.6 is 23.2 Å². The first-order valence-electron chi connectivity index (χ1n) is 6.75. The van der Waals surface area contributed by atoms with Gasteiger partial charge in [-0.05, 0) is 60.2 Å². The highest BCUT2D eigenvalue weighted by Crippen LogP contribution is 2.22. The fourth-order valence-electron chi connectivity index (χ4n) is 2.32. The van der Waals surface area contributed by atoms with Crippen LogP contribution in [0.4, 0.5) is 4.39 Å². The SMILES string of the molecule is COc1cccc(CC(CCl)Cc2cc(Cl)ccc2F)c1. The molecule has 0 aliphatic rings. The fourth-order valence-corrected chi connectivity index (χ4v) is 2.74. The lowest BCUT2D eigenvalue weighted by atomic mass is 9.94. The Kier molecular flexibility index (Phi) is 5.89. The van der Waals surface area contributed by atoms with Crippen molar-refractivity contribution in [3.05, 3.63) is 64.4 Å². The van der Waals surface area contributed by atoms with E-state index in [9.17, 15) is 4.39 Å². The molecule has 0 N–H and O–H groups in total. The molecular weight excluding hydrogens is 310 g/mol. The summed E-state index contributed by atoms with van der Waals surface area (Å²) in [6, 6.07) is 12.5. The number of benzene rings is 2. The van der Waals surface area contributed by atoms with Crippen LogP contribution in [0.1, 0.15) is 11.1 Å². The number of halogens is 3. The van der Waals surface area contributed by atoms with Gasteiger partial charge in [0, 0.05) is 10.9 Å². The van der Waals surface area contributed by atoms with Crippen LogP contribution in [0.5, 0.6) is 5.75 Å². The maximum atomic E-state index is 13.8. The van der Waals surface area contributed by atoms with Crippen molar-refractivity contribution in [2.45, 2.75) is 12.8 Å². The summed E-state index contributed by atoms with van der Waals surface area (Å²) >= 11 is 12.0. The number of hydrogen-bond acceptors (Lipinski definition) is 1. The Balaban J connectivity index is 2.10. The summed E-state index contributed by atoms with van der Waals surface area (Å²) in [4.78, 5) is 0. The summed E-state index contributed by atoms with van der Waals surface area (Å²) in [5.41, 5.74) is 1.73. The van der Waals surface area contributed by atoms with E-state index in [1.54, 1.807) is 19.2 Å². The van der Waals surface area contributed by atoms with Crippen molar-refractivity contribution in [3.63, 3.8) is 0 Å². The monoisotopic (exact) mass is 326 g/mol. The van der Waals surface area contributed by atoms with Gasteiger partial charge in [0.15, 0.2) is 0 Å². The van der Waals surface area contributed by atoms with E-state index in [4.69, 9.17) is 27.9 Å². The summed E-state index contributed by atoms with van der Waals surface area (Å²) < 4.78 is 19.0. The molecule has 0 aliphatic carbocycles. The summed E-state index contributed by atoms with van der Waals surface area (Å²) in [5.74, 6) is 1.19. The maximum Gasteiger partial charge on any atom is 0.126 e. The molecule has 21 heavy (non-hydrogen) atoms. The molecule has 0 bridgehead atoms. The molecule has 0 saturated carbocycles. The molecule has 0 saturated heterocycles. The molecule has 112 valence electrons. The van der Waals surface area contributed by atoms with E-state index in [0.717, 1.165) is 17.7 Å². The minimum absolute atomic E-state index is 0.145. The molecule has 0 heterocycles. The molecule has 1 atom stereocenters. The molecule has 4 heteroatoms. The van der Waals surface area contributed by atoms with E-state index >= 15 is 0 Å². The molecule has 0 radical (unpaired) electrons. The Hall–Kier alpha value is -1.25. The number of ether oxygens (including phenoxy) is 1. The van der Waals surface area contributed by atoms with Crippen molar-refractivity contribution in [3.8, 4) is 5.75 Å². The van der Waals surface area contributed by atoms with Gasteiger partial charge in [-0.3, -0.25) is 0 Å². The molecule has 1 nitrogen and oxygen atoms in total. The molecule has 0 fully saturated rings. The Labute approximate surface area is 134 Å². The van der Waals surface area contributed by atoms with Crippen LogP contribution in [0.3, 0.4) is 0 Å². The first kappa shape index (κ1) is 16.1. The van der Waals surface area contributed by atoms with E-state index in [1.165, 1.54) is 6.07 Å². The highest BCUT2D eigenvalue weighted by Gasteiger charge is 2.13. The number of methoxy groups -OCH3 is 1. The highest BCUT2D eigenvalue weighted by atomic mass is 35.5. The number of hydrogen-bond donors (Lipinski definition) is 0. The Bertz CT molecular complexity index is 601. The Morgan fingerprint density at radius 3 is 2.67 bits per heavy atom. The van der Waals surface area contributed by atoms with Crippen molar-refractivity contribution in [2.24, 2.45) is 5.92 Å². The number of alkyl halides is 1. The molecule has 1 unspecified atom stereocenters. The standard InChI is InChI=1S/C17H17Cl2FO/c1-21-16-4-2-3-12(9-16)7-13(11-18)8-14-10-15(19)5-6-17(14)20/h2-6,9-10,13H,7-8,11H2,1H3. The average molecular weight is 327 g/mol. The Morgan fingerprint density at radius 2 is 1.95 bits per heavy atom. The van der Waals surface area contributed by atoms with Gasteiger partial charge >= 0.3 is 0 Å². The van der Waals surface area contributed by atoms with E-state index in [0.29, 0.717) is 22.9 Å². The van der Waals surface area contributed by atoms with Crippen molar-refractivity contribution in [1.29, 1.82) is 0 Å².